The molecule has 0 saturated heterocycles. The summed E-state index contributed by atoms with van der Waals surface area (Å²) in [6.07, 6.45) is -4.50. The number of nitrogens with one attached hydrogen (secondary N) is 1. The minimum atomic E-state index is -4.72. The van der Waals surface area contributed by atoms with E-state index in [-0.39, 0.29) is 11.8 Å². The number of rotatable bonds is 8. The largest absolute Gasteiger partial charge is 0.573 e. The number of carbonyl (C=O) groups is 1. The summed E-state index contributed by atoms with van der Waals surface area (Å²) in [6, 6.07) is 13.1. The van der Waals surface area contributed by atoms with Crippen LogP contribution in [0.1, 0.15) is 11.1 Å². The van der Waals surface area contributed by atoms with Crippen LogP contribution in [0.4, 0.5) is 19.0 Å². The van der Waals surface area contributed by atoms with E-state index in [4.69, 9.17) is 21.1 Å². The highest BCUT2D eigenvalue weighted by Gasteiger charge is 2.31. The molecule has 178 valence electrons. The van der Waals surface area contributed by atoms with Gasteiger partial charge in [-0.15, -0.1) is 13.2 Å². The van der Waals surface area contributed by atoms with Crippen LogP contribution in [-0.2, 0) is 17.6 Å². The molecule has 0 fully saturated rings. The lowest BCUT2D eigenvalue weighted by molar-refractivity contribution is -0.274. The molecule has 1 aliphatic rings. The smallest absolute Gasteiger partial charge is 0.481 e. The van der Waals surface area contributed by atoms with Gasteiger partial charge >= 0.3 is 12.4 Å². The molecule has 2 aromatic carbocycles. The van der Waals surface area contributed by atoms with E-state index in [2.05, 4.69) is 20.0 Å². The van der Waals surface area contributed by atoms with Crippen molar-refractivity contribution in [3.05, 3.63) is 59.7 Å². The third-order valence-corrected chi connectivity index (χ3v) is 5.29. The molecule has 1 N–H and O–H groups in total. The average Bonchev–Trinajstić information content (AvgIpc) is 3.23. The summed E-state index contributed by atoms with van der Waals surface area (Å²) in [5.74, 6) is 0.856. The van der Waals surface area contributed by atoms with E-state index in [1.165, 1.54) is 19.2 Å². The maximum atomic E-state index is 12.3. The Kier molecular flexibility index (Phi) is 6.78. The number of nitrogens with zero attached hydrogens (tertiary/aromatic N) is 2. The number of benzene rings is 2. The van der Waals surface area contributed by atoms with Crippen molar-refractivity contribution in [3.63, 3.8) is 0 Å². The van der Waals surface area contributed by atoms with Crippen molar-refractivity contribution in [2.45, 2.75) is 25.3 Å². The zero-order valence-corrected chi connectivity index (χ0v) is 18.6. The van der Waals surface area contributed by atoms with Crippen molar-refractivity contribution < 1.29 is 32.2 Å². The number of hydrogen-bond acceptors (Lipinski definition) is 7. The summed E-state index contributed by atoms with van der Waals surface area (Å²) in [5.41, 5.74) is 3.06. The van der Waals surface area contributed by atoms with Crippen molar-refractivity contribution in [2.24, 2.45) is 0 Å². The van der Waals surface area contributed by atoms with E-state index in [1.807, 2.05) is 12.1 Å². The summed E-state index contributed by atoms with van der Waals surface area (Å²) < 4.78 is 51.5. The molecule has 1 unspecified atom stereocenters. The van der Waals surface area contributed by atoms with Crippen LogP contribution in [0.25, 0.3) is 11.3 Å². The molecule has 0 amide bonds. The first-order chi connectivity index (χ1) is 16.2. The van der Waals surface area contributed by atoms with Crippen LogP contribution < -0.4 is 19.5 Å². The number of alkyl halides is 3. The topological polar surface area (TPSA) is 82.6 Å². The number of anilines is 1. The molecule has 0 aliphatic carbocycles. The zero-order chi connectivity index (χ0) is 24.3. The molecule has 34 heavy (non-hydrogen) atoms. The number of hydrogen-bond donors (Lipinski definition) is 1. The second kappa shape index (κ2) is 9.76. The first-order valence-electron chi connectivity index (χ1n) is 10.2. The van der Waals surface area contributed by atoms with Crippen molar-refractivity contribution in [1.82, 2.24) is 9.97 Å². The standard InChI is InChI=1S/C23H19ClF3N3O4/c1-32-22-29-17(14-4-7-18-15(10-14)11-19(33-18)21(24)31)12-20(30-22)28-9-8-13-2-5-16(6-3-13)34-23(25,26)27/h2-7,10,12,19H,8-9,11H2,1H3,(H,28,29,30). The quantitative estimate of drug-likeness (QED) is 0.452. The van der Waals surface area contributed by atoms with Crippen LogP contribution in [0, 0.1) is 0 Å². The second-order valence-electron chi connectivity index (χ2n) is 7.43. The molecule has 0 saturated carbocycles. The third-order valence-electron chi connectivity index (χ3n) is 5.05. The monoisotopic (exact) mass is 493 g/mol. The molecule has 1 aliphatic heterocycles. The van der Waals surface area contributed by atoms with Crippen LogP contribution in [0.15, 0.2) is 48.5 Å². The van der Waals surface area contributed by atoms with Gasteiger partial charge in [-0.1, -0.05) is 12.1 Å². The molecule has 1 aromatic heterocycles. The summed E-state index contributed by atoms with van der Waals surface area (Å²) >= 11 is 5.56. The Balaban J connectivity index is 1.43. The highest BCUT2D eigenvalue weighted by molar-refractivity contribution is 6.64. The number of halogens is 4. The van der Waals surface area contributed by atoms with Crippen molar-refractivity contribution >= 4 is 22.7 Å². The van der Waals surface area contributed by atoms with E-state index in [1.54, 1.807) is 24.3 Å². The SMILES string of the molecule is COc1nc(NCCc2ccc(OC(F)(F)F)cc2)cc(-c2ccc3c(c2)CC(C(=O)Cl)O3)n1. The molecule has 3 aromatic rings. The van der Waals surface area contributed by atoms with Crippen molar-refractivity contribution in [1.29, 1.82) is 0 Å². The number of aromatic nitrogens is 2. The zero-order valence-electron chi connectivity index (χ0n) is 17.9. The minimum absolute atomic E-state index is 0.166. The fraction of sp³-hybridized carbons (Fsp3) is 0.261. The molecule has 0 spiro atoms. The lowest BCUT2D eigenvalue weighted by Gasteiger charge is -2.11. The van der Waals surface area contributed by atoms with Gasteiger partial charge in [0.1, 0.15) is 17.3 Å². The van der Waals surface area contributed by atoms with E-state index < -0.39 is 17.7 Å². The molecule has 1 atom stereocenters. The van der Waals surface area contributed by atoms with Gasteiger partial charge in [-0.3, -0.25) is 4.79 Å². The number of fused-ring (bicyclic) bond motifs is 1. The molecule has 11 heteroatoms. The fourth-order valence-corrected chi connectivity index (χ4v) is 3.60. The molecular weight excluding hydrogens is 475 g/mol. The lowest BCUT2D eigenvalue weighted by atomic mass is 10.0. The highest BCUT2D eigenvalue weighted by atomic mass is 35.5. The summed E-state index contributed by atoms with van der Waals surface area (Å²) in [5, 5.41) is 2.63. The van der Waals surface area contributed by atoms with Gasteiger partial charge in [0, 0.05) is 24.6 Å². The van der Waals surface area contributed by atoms with Gasteiger partial charge < -0.3 is 19.5 Å². The number of ether oxygens (including phenoxy) is 3. The molecule has 2 heterocycles. The molecule has 4 rings (SSSR count). The first-order valence-corrected chi connectivity index (χ1v) is 10.6. The third kappa shape index (κ3) is 5.88. The van der Waals surface area contributed by atoms with Gasteiger partial charge in [-0.05, 0) is 59.5 Å². The maximum Gasteiger partial charge on any atom is 0.573 e. The Bertz CT molecular complexity index is 1190. The van der Waals surface area contributed by atoms with Crippen LogP contribution in [0.2, 0.25) is 0 Å². The van der Waals surface area contributed by atoms with Crippen molar-refractivity contribution in [2.75, 3.05) is 19.0 Å². The minimum Gasteiger partial charge on any atom is -0.481 e. The number of methoxy groups -OCH3 is 1. The fourth-order valence-electron chi connectivity index (χ4n) is 3.48. The first kappa shape index (κ1) is 23.6. The van der Waals surface area contributed by atoms with Crippen LogP contribution in [-0.4, -0.2) is 41.3 Å². The predicted molar refractivity (Wildman–Crippen MR) is 118 cm³/mol. The van der Waals surface area contributed by atoms with Crippen LogP contribution in [0.3, 0.4) is 0 Å². The number of carbonyl (C=O) groups excluding carboxylic acids is 1. The van der Waals surface area contributed by atoms with E-state index in [0.717, 1.165) is 16.7 Å². The van der Waals surface area contributed by atoms with Gasteiger partial charge in [-0.25, -0.2) is 0 Å². The lowest BCUT2D eigenvalue weighted by Crippen LogP contribution is -2.20. The Morgan fingerprint density at radius 1 is 1.18 bits per heavy atom. The normalized spacial score (nSPS) is 14.8. The van der Waals surface area contributed by atoms with E-state index in [0.29, 0.717) is 36.6 Å². The molecule has 0 bridgehead atoms. The Labute approximate surface area is 197 Å². The van der Waals surface area contributed by atoms with Crippen molar-refractivity contribution in [3.8, 4) is 28.8 Å². The maximum absolute atomic E-state index is 12.3. The highest BCUT2D eigenvalue weighted by Crippen LogP contribution is 2.34. The van der Waals surface area contributed by atoms with Gasteiger partial charge in [-0.2, -0.15) is 9.97 Å². The van der Waals surface area contributed by atoms with Gasteiger partial charge in [0.25, 0.3) is 5.24 Å². The Morgan fingerprint density at radius 3 is 2.62 bits per heavy atom. The predicted octanol–water partition coefficient (Wildman–Crippen LogP) is 4.77. The molecule has 7 nitrogen and oxygen atoms in total. The van der Waals surface area contributed by atoms with Gasteiger partial charge in [0.05, 0.1) is 12.8 Å². The molecule has 0 radical (unpaired) electrons. The van der Waals surface area contributed by atoms with Gasteiger partial charge in [0.2, 0.25) is 0 Å². The summed E-state index contributed by atoms with van der Waals surface area (Å²) in [4.78, 5) is 20.1. The second-order valence-corrected chi connectivity index (χ2v) is 7.80. The van der Waals surface area contributed by atoms with Gasteiger partial charge in [0.15, 0.2) is 6.10 Å². The van der Waals surface area contributed by atoms with E-state index >= 15 is 0 Å². The Hall–Kier alpha value is -3.53. The summed E-state index contributed by atoms with van der Waals surface area (Å²) in [6.45, 7) is 0.469. The van der Waals surface area contributed by atoms with E-state index in [9.17, 15) is 18.0 Å². The average molecular weight is 494 g/mol. The van der Waals surface area contributed by atoms with Crippen LogP contribution in [0.5, 0.6) is 17.5 Å². The Morgan fingerprint density at radius 2 is 1.94 bits per heavy atom. The summed E-state index contributed by atoms with van der Waals surface area (Å²) in [7, 11) is 1.46. The molecular formula is C23H19ClF3N3O4. The van der Waals surface area contributed by atoms with Crippen LogP contribution >= 0.6 is 11.6 Å².